The largest absolute Gasteiger partial charge is 0.307 e. The molecule has 1 aromatic carbocycles. The summed E-state index contributed by atoms with van der Waals surface area (Å²) in [5, 5.41) is 5.95. The van der Waals surface area contributed by atoms with E-state index in [2.05, 4.69) is 26.2 Å². The zero-order valence-electron chi connectivity index (χ0n) is 9.50. The Bertz CT molecular complexity index is 527. The van der Waals surface area contributed by atoms with Crippen LogP contribution in [-0.4, -0.2) is 12.0 Å². The van der Waals surface area contributed by atoms with Crippen LogP contribution in [0.5, 0.6) is 0 Å². The zero-order chi connectivity index (χ0) is 12.4. The molecular weight excluding hydrogens is 303 g/mol. The second-order valence-corrected chi connectivity index (χ2v) is 5.52. The van der Waals surface area contributed by atoms with Crippen LogP contribution in [0.4, 0.5) is 4.39 Å². The minimum Gasteiger partial charge on any atom is -0.307 e. The maximum Gasteiger partial charge on any atom is 0.129 e. The Morgan fingerprint density at radius 2 is 2.24 bits per heavy atom. The van der Waals surface area contributed by atoms with Gasteiger partial charge in [0, 0.05) is 21.1 Å². The van der Waals surface area contributed by atoms with Crippen molar-refractivity contribution in [2.24, 2.45) is 0 Å². The van der Waals surface area contributed by atoms with Crippen LogP contribution in [0.15, 0.2) is 28.1 Å². The normalized spacial score (nSPS) is 12.7. The van der Waals surface area contributed by atoms with Crippen LogP contribution in [0.2, 0.25) is 0 Å². The Balaban J connectivity index is 2.42. The number of aromatic nitrogens is 1. The number of nitrogens with one attached hydrogen (secondary N) is 1. The minimum absolute atomic E-state index is 0.193. The molecular formula is C12H12BrFN2S. The summed E-state index contributed by atoms with van der Waals surface area (Å²) in [7, 11) is 1.81. The first kappa shape index (κ1) is 12.7. The Labute approximate surface area is 112 Å². The molecule has 2 aromatic rings. The molecule has 90 valence electrons. The fraction of sp³-hybridized carbons (Fsp3) is 0.250. The van der Waals surface area contributed by atoms with E-state index in [4.69, 9.17) is 0 Å². The van der Waals surface area contributed by atoms with Crippen molar-refractivity contribution in [1.29, 1.82) is 0 Å². The molecule has 1 aromatic heterocycles. The van der Waals surface area contributed by atoms with Gasteiger partial charge in [-0.15, -0.1) is 11.3 Å². The molecule has 0 fully saturated rings. The molecule has 0 aliphatic rings. The van der Waals surface area contributed by atoms with E-state index < -0.39 is 0 Å². The highest BCUT2D eigenvalue weighted by molar-refractivity contribution is 9.10. The molecule has 2 nitrogen and oxygen atoms in total. The SMILES string of the molecule is CNC(c1nc(C)cs1)c1ccc(Br)cc1F. The van der Waals surface area contributed by atoms with E-state index in [1.165, 1.54) is 17.4 Å². The molecule has 2 rings (SSSR count). The van der Waals surface area contributed by atoms with Gasteiger partial charge in [0.15, 0.2) is 0 Å². The summed E-state index contributed by atoms with van der Waals surface area (Å²) in [4.78, 5) is 4.40. The smallest absolute Gasteiger partial charge is 0.129 e. The lowest BCUT2D eigenvalue weighted by molar-refractivity contribution is 0.574. The van der Waals surface area contributed by atoms with Gasteiger partial charge in [0.25, 0.3) is 0 Å². The first-order valence-electron chi connectivity index (χ1n) is 5.16. The molecule has 1 unspecified atom stereocenters. The molecule has 0 amide bonds. The fourth-order valence-electron chi connectivity index (χ4n) is 1.65. The third kappa shape index (κ3) is 2.73. The number of thiazole rings is 1. The maximum absolute atomic E-state index is 13.9. The summed E-state index contributed by atoms with van der Waals surface area (Å²) in [6.07, 6.45) is 0. The second-order valence-electron chi connectivity index (χ2n) is 3.71. The molecule has 0 saturated heterocycles. The van der Waals surface area contributed by atoms with Gasteiger partial charge in [-0.25, -0.2) is 9.37 Å². The highest BCUT2D eigenvalue weighted by atomic mass is 79.9. The Hall–Kier alpha value is -0.780. The zero-order valence-corrected chi connectivity index (χ0v) is 11.9. The quantitative estimate of drug-likeness (QED) is 0.935. The van der Waals surface area contributed by atoms with Crippen molar-refractivity contribution in [3.05, 3.63) is 50.1 Å². The van der Waals surface area contributed by atoms with Crippen LogP contribution < -0.4 is 5.32 Å². The van der Waals surface area contributed by atoms with E-state index in [0.717, 1.165) is 15.2 Å². The topological polar surface area (TPSA) is 24.9 Å². The van der Waals surface area contributed by atoms with E-state index in [1.807, 2.05) is 25.4 Å². The van der Waals surface area contributed by atoms with Crippen molar-refractivity contribution in [2.75, 3.05) is 7.05 Å². The van der Waals surface area contributed by atoms with Crippen LogP contribution in [-0.2, 0) is 0 Å². The van der Waals surface area contributed by atoms with Crippen molar-refractivity contribution in [1.82, 2.24) is 10.3 Å². The Morgan fingerprint density at radius 1 is 1.47 bits per heavy atom. The molecule has 1 N–H and O–H groups in total. The summed E-state index contributed by atoms with van der Waals surface area (Å²) >= 11 is 4.79. The highest BCUT2D eigenvalue weighted by Gasteiger charge is 2.19. The highest BCUT2D eigenvalue weighted by Crippen LogP contribution is 2.28. The molecule has 0 radical (unpaired) electrons. The molecule has 1 heterocycles. The van der Waals surface area contributed by atoms with Gasteiger partial charge in [-0.1, -0.05) is 22.0 Å². The first-order chi connectivity index (χ1) is 8.11. The van der Waals surface area contributed by atoms with Crippen molar-refractivity contribution in [3.8, 4) is 0 Å². The van der Waals surface area contributed by atoms with Gasteiger partial charge in [0.05, 0.1) is 6.04 Å². The third-order valence-electron chi connectivity index (χ3n) is 2.45. The number of benzene rings is 1. The lowest BCUT2D eigenvalue weighted by Gasteiger charge is -2.14. The van der Waals surface area contributed by atoms with E-state index in [-0.39, 0.29) is 11.9 Å². The summed E-state index contributed by atoms with van der Waals surface area (Å²) in [6.45, 7) is 1.94. The lowest BCUT2D eigenvalue weighted by atomic mass is 10.1. The van der Waals surface area contributed by atoms with Crippen LogP contribution >= 0.6 is 27.3 Å². The Morgan fingerprint density at radius 3 is 2.76 bits per heavy atom. The van der Waals surface area contributed by atoms with Crippen LogP contribution in [0.3, 0.4) is 0 Å². The standard InChI is InChI=1S/C12H12BrFN2S/c1-7-6-17-12(16-7)11(15-2)9-4-3-8(13)5-10(9)14/h3-6,11,15H,1-2H3. The van der Waals surface area contributed by atoms with Gasteiger partial charge >= 0.3 is 0 Å². The van der Waals surface area contributed by atoms with Gasteiger partial charge in [-0.3, -0.25) is 0 Å². The number of hydrogen-bond acceptors (Lipinski definition) is 3. The summed E-state index contributed by atoms with van der Waals surface area (Å²) in [5.74, 6) is -0.230. The fourth-order valence-corrected chi connectivity index (χ4v) is 2.91. The summed E-state index contributed by atoms with van der Waals surface area (Å²) < 4.78 is 14.6. The number of rotatable bonds is 3. The molecule has 17 heavy (non-hydrogen) atoms. The second kappa shape index (κ2) is 5.25. The van der Waals surface area contributed by atoms with Crippen molar-refractivity contribution in [3.63, 3.8) is 0 Å². The number of aryl methyl sites for hydroxylation is 1. The van der Waals surface area contributed by atoms with Crippen molar-refractivity contribution < 1.29 is 4.39 Å². The summed E-state index contributed by atoms with van der Waals surface area (Å²) in [5.41, 5.74) is 1.58. The molecule has 5 heteroatoms. The number of halogens is 2. The molecule has 0 saturated carbocycles. The molecule has 0 aliphatic heterocycles. The van der Waals surface area contributed by atoms with Gasteiger partial charge in [0.1, 0.15) is 10.8 Å². The van der Waals surface area contributed by atoms with Gasteiger partial charge in [-0.2, -0.15) is 0 Å². The first-order valence-corrected chi connectivity index (χ1v) is 6.83. The van der Waals surface area contributed by atoms with Crippen molar-refractivity contribution >= 4 is 27.3 Å². The molecule has 0 spiro atoms. The number of nitrogens with zero attached hydrogens (tertiary/aromatic N) is 1. The average Bonchev–Trinajstić information content (AvgIpc) is 2.69. The monoisotopic (exact) mass is 314 g/mol. The molecule has 0 bridgehead atoms. The van der Waals surface area contributed by atoms with E-state index in [0.29, 0.717) is 5.56 Å². The van der Waals surface area contributed by atoms with E-state index in [1.54, 1.807) is 6.07 Å². The maximum atomic E-state index is 13.9. The minimum atomic E-state index is -0.230. The predicted molar refractivity (Wildman–Crippen MR) is 71.9 cm³/mol. The third-order valence-corrected chi connectivity index (χ3v) is 3.97. The van der Waals surface area contributed by atoms with Gasteiger partial charge in [-0.05, 0) is 26.1 Å². The van der Waals surface area contributed by atoms with Crippen LogP contribution in [0.25, 0.3) is 0 Å². The molecule has 0 aliphatic carbocycles. The average molecular weight is 315 g/mol. The lowest BCUT2D eigenvalue weighted by Crippen LogP contribution is -2.18. The van der Waals surface area contributed by atoms with Crippen LogP contribution in [0, 0.1) is 12.7 Å². The summed E-state index contributed by atoms with van der Waals surface area (Å²) in [6, 6.07) is 4.89. The number of hydrogen-bond donors (Lipinski definition) is 1. The van der Waals surface area contributed by atoms with Crippen LogP contribution in [0.1, 0.15) is 22.3 Å². The van der Waals surface area contributed by atoms with Crippen molar-refractivity contribution in [2.45, 2.75) is 13.0 Å². The predicted octanol–water partition coefficient (Wildman–Crippen LogP) is 3.66. The Kier molecular flexibility index (Phi) is 3.91. The van der Waals surface area contributed by atoms with E-state index in [9.17, 15) is 4.39 Å². The van der Waals surface area contributed by atoms with E-state index >= 15 is 0 Å². The molecule has 1 atom stereocenters. The van der Waals surface area contributed by atoms with Gasteiger partial charge in [0.2, 0.25) is 0 Å². The van der Waals surface area contributed by atoms with Gasteiger partial charge < -0.3 is 5.32 Å².